The van der Waals surface area contributed by atoms with Gasteiger partial charge in [-0.2, -0.15) is 0 Å². The minimum absolute atomic E-state index is 0.0638. The van der Waals surface area contributed by atoms with E-state index in [-0.39, 0.29) is 5.41 Å². The van der Waals surface area contributed by atoms with E-state index in [1.54, 1.807) is 0 Å². The van der Waals surface area contributed by atoms with Crippen molar-refractivity contribution in [1.82, 2.24) is 9.97 Å². The first-order valence-electron chi connectivity index (χ1n) is 17.7. The van der Waals surface area contributed by atoms with Gasteiger partial charge in [-0.1, -0.05) is 166 Å². The van der Waals surface area contributed by atoms with E-state index in [0.29, 0.717) is 0 Å². The van der Waals surface area contributed by atoms with Crippen LogP contribution in [0, 0.1) is 0 Å². The minimum Gasteiger partial charge on any atom is -0.228 e. The third-order valence-electron chi connectivity index (χ3n) is 10.9. The highest BCUT2D eigenvalue weighted by Gasteiger charge is 2.35. The van der Waals surface area contributed by atoms with Crippen LogP contribution in [0.25, 0.3) is 88.5 Å². The van der Waals surface area contributed by atoms with E-state index in [1.165, 1.54) is 43.8 Å². The van der Waals surface area contributed by atoms with E-state index in [4.69, 9.17) is 9.97 Å². The van der Waals surface area contributed by atoms with E-state index < -0.39 is 0 Å². The smallest absolute Gasteiger partial charge is 0.161 e. The van der Waals surface area contributed by atoms with Gasteiger partial charge in [-0.25, -0.2) is 9.97 Å². The van der Waals surface area contributed by atoms with Crippen molar-refractivity contribution < 1.29 is 0 Å². The van der Waals surface area contributed by atoms with Crippen molar-refractivity contribution in [1.29, 1.82) is 0 Å². The molecular weight excluding hydrogens is 617 g/mol. The van der Waals surface area contributed by atoms with Gasteiger partial charge in [0, 0.05) is 22.1 Å². The molecule has 1 aliphatic carbocycles. The summed E-state index contributed by atoms with van der Waals surface area (Å²) in [5, 5.41) is 7.12. The van der Waals surface area contributed by atoms with Crippen molar-refractivity contribution in [2.45, 2.75) is 19.3 Å². The van der Waals surface area contributed by atoms with Gasteiger partial charge in [0.05, 0.1) is 11.4 Å². The number of benzene rings is 8. The van der Waals surface area contributed by atoms with Crippen LogP contribution in [-0.4, -0.2) is 9.97 Å². The molecule has 8 aromatic carbocycles. The maximum absolute atomic E-state index is 5.49. The summed E-state index contributed by atoms with van der Waals surface area (Å²) >= 11 is 0. The maximum atomic E-state index is 5.49. The molecule has 240 valence electrons. The molecule has 0 radical (unpaired) electrons. The topological polar surface area (TPSA) is 25.8 Å². The minimum atomic E-state index is -0.0638. The zero-order chi connectivity index (χ0) is 34.1. The van der Waals surface area contributed by atoms with Gasteiger partial charge in [-0.05, 0) is 83.9 Å². The highest BCUT2D eigenvalue weighted by atomic mass is 14.9. The average Bonchev–Trinajstić information content (AvgIpc) is 3.42. The lowest BCUT2D eigenvalue weighted by Gasteiger charge is -2.21. The monoisotopic (exact) mass is 650 g/mol. The Hall–Kier alpha value is -6.38. The summed E-state index contributed by atoms with van der Waals surface area (Å²) in [7, 11) is 0. The summed E-state index contributed by atoms with van der Waals surface area (Å²) in [6, 6.07) is 61.2. The van der Waals surface area contributed by atoms with E-state index >= 15 is 0 Å². The van der Waals surface area contributed by atoms with Crippen molar-refractivity contribution >= 4 is 32.3 Å². The molecule has 0 atom stereocenters. The van der Waals surface area contributed by atoms with Crippen LogP contribution in [0.15, 0.2) is 170 Å². The van der Waals surface area contributed by atoms with Crippen LogP contribution in [0.1, 0.15) is 25.0 Å². The zero-order valence-corrected chi connectivity index (χ0v) is 28.6. The molecule has 0 unspecified atom stereocenters. The first-order valence-corrected chi connectivity index (χ1v) is 17.7. The Morgan fingerprint density at radius 1 is 0.373 bits per heavy atom. The van der Waals surface area contributed by atoms with Gasteiger partial charge in [-0.15, -0.1) is 0 Å². The zero-order valence-electron chi connectivity index (χ0n) is 28.6. The second kappa shape index (κ2) is 11.3. The summed E-state index contributed by atoms with van der Waals surface area (Å²) in [6.45, 7) is 4.65. The normalized spacial score (nSPS) is 13.1. The van der Waals surface area contributed by atoms with Gasteiger partial charge in [0.25, 0.3) is 0 Å². The molecule has 0 N–H and O–H groups in total. The Morgan fingerprint density at radius 2 is 1.02 bits per heavy atom. The molecule has 1 aliphatic rings. The van der Waals surface area contributed by atoms with Crippen LogP contribution in [0.4, 0.5) is 0 Å². The molecule has 10 rings (SSSR count). The van der Waals surface area contributed by atoms with E-state index in [1.807, 2.05) is 0 Å². The van der Waals surface area contributed by atoms with Crippen LogP contribution in [0.3, 0.4) is 0 Å². The molecule has 0 amide bonds. The van der Waals surface area contributed by atoms with Crippen molar-refractivity contribution in [2.75, 3.05) is 0 Å². The van der Waals surface area contributed by atoms with E-state index in [0.717, 1.165) is 55.8 Å². The fourth-order valence-electron chi connectivity index (χ4n) is 8.36. The third kappa shape index (κ3) is 4.64. The fourth-order valence-corrected chi connectivity index (χ4v) is 8.36. The number of aromatic nitrogens is 2. The van der Waals surface area contributed by atoms with Crippen LogP contribution in [0.5, 0.6) is 0 Å². The molecule has 0 saturated heterocycles. The van der Waals surface area contributed by atoms with Crippen LogP contribution in [0.2, 0.25) is 0 Å². The molecule has 1 heterocycles. The quantitative estimate of drug-likeness (QED) is 0.140. The Bertz CT molecular complexity index is 2830. The molecule has 0 bridgehead atoms. The standard InChI is InChI=1S/C49H34N2/c1-49(2)43-23-13-12-21-38(43)42-29-34(25-27-44(42)49)45-30-46(39-22-11-10-18-35(39)31-14-4-3-5-15-31)51-48(50-45)47-37-20-9-7-17-33(37)28-41-36-19-8-6-16-32(36)24-26-40(41)47/h3-30H,1-2H3. The van der Waals surface area contributed by atoms with Gasteiger partial charge in [0.2, 0.25) is 0 Å². The summed E-state index contributed by atoms with van der Waals surface area (Å²) in [4.78, 5) is 11.0. The first kappa shape index (κ1) is 29.5. The molecule has 9 aromatic rings. The molecular formula is C49H34N2. The predicted molar refractivity (Wildman–Crippen MR) is 214 cm³/mol. The lowest BCUT2D eigenvalue weighted by Crippen LogP contribution is -2.14. The lowest BCUT2D eigenvalue weighted by atomic mass is 9.82. The molecule has 0 saturated carbocycles. The van der Waals surface area contributed by atoms with Gasteiger partial charge in [0.1, 0.15) is 0 Å². The lowest BCUT2D eigenvalue weighted by molar-refractivity contribution is 0.660. The van der Waals surface area contributed by atoms with Crippen LogP contribution in [-0.2, 0) is 5.41 Å². The largest absolute Gasteiger partial charge is 0.228 e. The van der Waals surface area contributed by atoms with Crippen molar-refractivity contribution in [3.8, 4) is 56.2 Å². The van der Waals surface area contributed by atoms with Crippen molar-refractivity contribution in [3.05, 3.63) is 181 Å². The van der Waals surface area contributed by atoms with Crippen LogP contribution >= 0.6 is 0 Å². The van der Waals surface area contributed by atoms with Crippen LogP contribution < -0.4 is 0 Å². The number of fused-ring (bicyclic) bond motifs is 7. The fraction of sp³-hybridized carbons (Fsp3) is 0.0612. The Kier molecular flexibility index (Phi) is 6.56. The summed E-state index contributed by atoms with van der Waals surface area (Å²) < 4.78 is 0. The summed E-state index contributed by atoms with van der Waals surface area (Å²) in [6.07, 6.45) is 0. The molecule has 0 spiro atoms. The summed E-state index contributed by atoms with van der Waals surface area (Å²) in [5.74, 6) is 0.726. The molecule has 1 aromatic heterocycles. The van der Waals surface area contributed by atoms with Gasteiger partial charge >= 0.3 is 0 Å². The predicted octanol–water partition coefficient (Wildman–Crippen LogP) is 12.9. The van der Waals surface area contributed by atoms with Crippen molar-refractivity contribution in [3.63, 3.8) is 0 Å². The first-order chi connectivity index (χ1) is 25.0. The highest BCUT2D eigenvalue weighted by Crippen LogP contribution is 2.50. The molecule has 51 heavy (non-hydrogen) atoms. The second-order valence-electron chi connectivity index (χ2n) is 14.2. The van der Waals surface area contributed by atoms with Gasteiger partial charge in [-0.3, -0.25) is 0 Å². The molecule has 2 heteroatoms. The second-order valence-corrected chi connectivity index (χ2v) is 14.2. The van der Waals surface area contributed by atoms with Crippen molar-refractivity contribution in [2.24, 2.45) is 0 Å². The van der Waals surface area contributed by atoms with E-state index in [2.05, 4.69) is 184 Å². The number of nitrogens with zero attached hydrogens (tertiary/aromatic N) is 2. The number of hydrogen-bond acceptors (Lipinski definition) is 2. The molecule has 0 aliphatic heterocycles. The highest BCUT2D eigenvalue weighted by molar-refractivity contribution is 6.19. The SMILES string of the molecule is CC1(C)c2ccccc2-c2cc(-c3cc(-c4ccccc4-c4ccccc4)nc(-c4c5ccccc5cc5c4ccc4ccccc45)n3)ccc21. The average molecular weight is 651 g/mol. The number of rotatable bonds is 4. The third-order valence-corrected chi connectivity index (χ3v) is 10.9. The van der Waals surface area contributed by atoms with Gasteiger partial charge < -0.3 is 0 Å². The summed E-state index contributed by atoms with van der Waals surface area (Å²) in [5.41, 5.74) is 12.6. The Balaban J connectivity index is 1.28. The molecule has 0 fully saturated rings. The Labute approximate surface area is 297 Å². The van der Waals surface area contributed by atoms with Gasteiger partial charge in [0.15, 0.2) is 5.82 Å². The Morgan fingerprint density at radius 3 is 1.86 bits per heavy atom. The number of hydrogen-bond donors (Lipinski definition) is 0. The molecule has 2 nitrogen and oxygen atoms in total. The maximum Gasteiger partial charge on any atom is 0.161 e. The van der Waals surface area contributed by atoms with E-state index in [9.17, 15) is 0 Å².